The van der Waals surface area contributed by atoms with Gasteiger partial charge in [-0.1, -0.05) is 341 Å². The highest BCUT2D eigenvalue weighted by molar-refractivity contribution is 7.37. The molecule has 0 aliphatic carbocycles. The Bertz CT molecular complexity index is 803. The van der Waals surface area contributed by atoms with Gasteiger partial charge in [-0.05, 0) is 37.5 Å². The van der Waals surface area contributed by atoms with E-state index in [0.717, 1.165) is 6.42 Å². The first-order valence-electron chi connectivity index (χ1n) is 31.1. The number of rotatable bonds is 60. The van der Waals surface area contributed by atoms with E-state index in [1.54, 1.807) is 7.11 Å². The molecule has 65 heavy (non-hydrogen) atoms. The van der Waals surface area contributed by atoms with Crippen LogP contribution in [0.1, 0.15) is 361 Å². The van der Waals surface area contributed by atoms with Crippen LogP contribution in [0.3, 0.4) is 0 Å². The van der Waals surface area contributed by atoms with Gasteiger partial charge in [-0.15, -0.1) is 8.58 Å². The number of hydrogen-bond donors (Lipinski definition) is 1. The highest BCUT2D eigenvalue weighted by atomic mass is 31.1. The summed E-state index contributed by atoms with van der Waals surface area (Å²) < 4.78 is 5.26. The maximum atomic E-state index is 10.4. The van der Waals surface area contributed by atoms with E-state index in [1.165, 1.54) is 361 Å². The molecular formula is C62H127O2P. The smallest absolute Gasteiger partial charge is 0.0776 e. The van der Waals surface area contributed by atoms with Gasteiger partial charge in [0.2, 0.25) is 0 Å². The first-order chi connectivity index (χ1) is 32.2. The van der Waals surface area contributed by atoms with Crippen LogP contribution in [0.4, 0.5) is 0 Å². The third kappa shape index (κ3) is 58.6. The summed E-state index contributed by atoms with van der Waals surface area (Å²) in [5.41, 5.74) is 0. The molecule has 2 nitrogen and oxygen atoms in total. The number of unbranched alkanes of at least 4 members (excludes halogenated alkanes) is 48. The van der Waals surface area contributed by atoms with Crippen molar-refractivity contribution in [2.45, 2.75) is 367 Å². The second-order valence-electron chi connectivity index (χ2n) is 21.9. The Morgan fingerprint density at radius 1 is 0.292 bits per heavy atom. The first-order valence-corrected chi connectivity index (χ1v) is 32.5. The summed E-state index contributed by atoms with van der Waals surface area (Å²) in [5.74, 6) is 0.681. The molecule has 392 valence electrons. The Hall–Kier alpha value is 0.350. The molecule has 3 heteroatoms. The zero-order valence-corrected chi connectivity index (χ0v) is 46.8. The fraction of sp³-hybridized carbons (Fsp3) is 1.00. The van der Waals surface area contributed by atoms with E-state index in [1.807, 2.05) is 0 Å². The van der Waals surface area contributed by atoms with E-state index in [2.05, 4.69) is 13.8 Å². The molecule has 0 spiro atoms. The fourth-order valence-electron chi connectivity index (χ4n) is 10.6. The molecule has 0 amide bonds. The second kappa shape index (κ2) is 60.5. The van der Waals surface area contributed by atoms with Crippen molar-refractivity contribution in [3.63, 3.8) is 0 Å². The highest BCUT2D eigenvalue weighted by Crippen LogP contribution is 2.25. The molecule has 0 saturated carbocycles. The molecular weight excluding hydrogens is 808 g/mol. The average molecular weight is 936 g/mol. The average Bonchev–Trinajstić information content (AvgIpc) is 3.31. The Morgan fingerprint density at radius 3 is 0.708 bits per heavy atom. The van der Waals surface area contributed by atoms with E-state index in [9.17, 15) is 5.11 Å². The lowest BCUT2D eigenvalue weighted by Crippen LogP contribution is -2.19. The highest BCUT2D eigenvalue weighted by Gasteiger charge is 2.14. The lowest BCUT2D eigenvalue weighted by atomic mass is 9.89. The van der Waals surface area contributed by atoms with Crippen LogP contribution in [-0.2, 0) is 4.74 Å². The standard InChI is InChI=1S/C62H127O2P/c1-4-6-8-10-12-14-16-18-19-20-26-29-33-37-41-45-49-53-57-65-58-54-50-46-42-38-34-30-27-24-22-21-23-25-28-32-36-40-44-48-52-56-61(59-62(63)60-64-3)55-51-47-43-39-35-31-17-15-13-11-9-7-5-2/h61-63,65H,4-60H2,1-3H3. The van der Waals surface area contributed by atoms with Crippen LogP contribution in [0.15, 0.2) is 0 Å². The lowest BCUT2D eigenvalue weighted by molar-refractivity contribution is 0.0457. The van der Waals surface area contributed by atoms with Gasteiger partial charge in [0, 0.05) is 7.11 Å². The summed E-state index contributed by atoms with van der Waals surface area (Å²) in [6, 6.07) is 0. The van der Waals surface area contributed by atoms with Crippen LogP contribution in [0, 0.1) is 5.92 Å². The normalized spacial score (nSPS) is 12.9. The largest absolute Gasteiger partial charge is 0.391 e. The summed E-state index contributed by atoms with van der Waals surface area (Å²) in [7, 11) is 2.96. The maximum absolute atomic E-state index is 10.4. The molecule has 0 aromatic carbocycles. The van der Waals surface area contributed by atoms with E-state index >= 15 is 0 Å². The molecule has 0 saturated heterocycles. The topological polar surface area (TPSA) is 29.5 Å². The quantitative estimate of drug-likeness (QED) is 0.0486. The van der Waals surface area contributed by atoms with Crippen molar-refractivity contribution in [2.75, 3.05) is 26.0 Å². The number of methoxy groups -OCH3 is 1. The summed E-state index contributed by atoms with van der Waals surface area (Å²) >= 11 is 0. The maximum Gasteiger partial charge on any atom is 0.0776 e. The zero-order valence-electron chi connectivity index (χ0n) is 45.8. The van der Waals surface area contributed by atoms with Gasteiger partial charge in [0.05, 0.1) is 12.7 Å². The van der Waals surface area contributed by atoms with Gasteiger partial charge in [0.1, 0.15) is 0 Å². The van der Waals surface area contributed by atoms with Gasteiger partial charge in [-0.25, -0.2) is 0 Å². The number of hydrogen-bond acceptors (Lipinski definition) is 2. The lowest BCUT2D eigenvalue weighted by Gasteiger charge is -2.20. The SMILES string of the molecule is CCCCCCCCCCCCCCCCCCCCPCCCCCCCCCCCCCCCCCCCCCCC(CCCCCCCCCCCCCCC)CC(O)COC. The molecule has 3 atom stereocenters. The minimum absolute atomic E-state index is 0.283. The van der Waals surface area contributed by atoms with Crippen molar-refractivity contribution in [1.29, 1.82) is 0 Å². The van der Waals surface area contributed by atoms with Gasteiger partial charge in [0.15, 0.2) is 0 Å². The number of aliphatic hydroxyl groups excluding tert-OH is 1. The van der Waals surface area contributed by atoms with E-state index in [0.29, 0.717) is 12.5 Å². The van der Waals surface area contributed by atoms with Crippen LogP contribution >= 0.6 is 8.58 Å². The van der Waals surface area contributed by atoms with Crippen molar-refractivity contribution in [3.05, 3.63) is 0 Å². The van der Waals surface area contributed by atoms with E-state index in [4.69, 9.17) is 4.74 Å². The van der Waals surface area contributed by atoms with E-state index < -0.39 is 0 Å². The van der Waals surface area contributed by atoms with Crippen molar-refractivity contribution in [3.8, 4) is 0 Å². The first kappa shape index (κ1) is 65.3. The van der Waals surface area contributed by atoms with Crippen molar-refractivity contribution in [2.24, 2.45) is 5.92 Å². The predicted octanol–water partition coefficient (Wildman–Crippen LogP) is 22.4. The fourth-order valence-corrected chi connectivity index (χ4v) is 11.9. The predicted molar refractivity (Wildman–Crippen MR) is 300 cm³/mol. The molecule has 0 radical (unpaired) electrons. The van der Waals surface area contributed by atoms with E-state index in [-0.39, 0.29) is 6.10 Å². The van der Waals surface area contributed by atoms with Crippen LogP contribution in [0.2, 0.25) is 0 Å². The number of ether oxygens (including phenoxy) is 1. The van der Waals surface area contributed by atoms with Crippen LogP contribution < -0.4 is 0 Å². The molecule has 0 rings (SSSR count). The molecule has 0 aromatic rings. The molecule has 3 unspecified atom stereocenters. The summed E-state index contributed by atoms with van der Waals surface area (Å²) in [5, 5.41) is 10.4. The van der Waals surface area contributed by atoms with Gasteiger partial charge >= 0.3 is 0 Å². The summed E-state index contributed by atoms with van der Waals surface area (Å²) in [6.07, 6.45) is 80.6. The second-order valence-corrected chi connectivity index (χ2v) is 23.4. The molecule has 0 aliphatic rings. The van der Waals surface area contributed by atoms with Crippen molar-refractivity contribution >= 4 is 8.58 Å². The van der Waals surface area contributed by atoms with Crippen LogP contribution in [-0.4, -0.2) is 37.3 Å². The minimum atomic E-state index is -0.283. The third-order valence-electron chi connectivity index (χ3n) is 15.1. The zero-order chi connectivity index (χ0) is 46.9. The molecule has 0 aromatic heterocycles. The molecule has 0 heterocycles. The Morgan fingerprint density at radius 2 is 0.492 bits per heavy atom. The molecule has 0 bridgehead atoms. The summed E-state index contributed by atoms with van der Waals surface area (Å²) in [6.45, 7) is 5.11. The Kier molecular flexibility index (Phi) is 60.8. The van der Waals surface area contributed by atoms with Crippen LogP contribution in [0.25, 0.3) is 0 Å². The van der Waals surface area contributed by atoms with Gasteiger partial charge in [-0.2, -0.15) is 0 Å². The third-order valence-corrected chi connectivity index (χ3v) is 16.5. The molecule has 0 aliphatic heterocycles. The van der Waals surface area contributed by atoms with Gasteiger partial charge in [-0.3, -0.25) is 0 Å². The number of aliphatic hydroxyl groups is 1. The van der Waals surface area contributed by atoms with Gasteiger partial charge < -0.3 is 9.84 Å². The minimum Gasteiger partial charge on any atom is -0.391 e. The molecule has 0 fully saturated rings. The van der Waals surface area contributed by atoms with Crippen molar-refractivity contribution < 1.29 is 9.84 Å². The Labute approximate surface area is 415 Å². The van der Waals surface area contributed by atoms with Crippen molar-refractivity contribution in [1.82, 2.24) is 0 Å². The van der Waals surface area contributed by atoms with Crippen LogP contribution in [0.5, 0.6) is 0 Å². The van der Waals surface area contributed by atoms with Gasteiger partial charge in [0.25, 0.3) is 0 Å². The monoisotopic (exact) mass is 935 g/mol. The Balaban J connectivity index is 3.36. The molecule has 1 N–H and O–H groups in total. The summed E-state index contributed by atoms with van der Waals surface area (Å²) in [4.78, 5) is 0.